The Hall–Kier alpha value is -1.94. The highest BCUT2D eigenvalue weighted by atomic mass is 31.2. The summed E-state index contributed by atoms with van der Waals surface area (Å²) in [6, 6.07) is 0. The van der Waals surface area contributed by atoms with E-state index in [-0.39, 0.29) is 25.7 Å². The topological polar surface area (TPSA) is 237 Å². The van der Waals surface area contributed by atoms with Gasteiger partial charge in [-0.1, -0.05) is 317 Å². The van der Waals surface area contributed by atoms with Crippen LogP contribution in [0.5, 0.6) is 0 Å². The number of aliphatic hydroxyl groups excluding tert-OH is 1. The van der Waals surface area contributed by atoms with Gasteiger partial charge in [-0.25, -0.2) is 9.13 Å². The van der Waals surface area contributed by atoms with Gasteiger partial charge in [-0.3, -0.25) is 37.3 Å². The normalized spacial score (nSPS) is 14.0. The molecule has 3 N–H and O–H groups in total. The minimum atomic E-state index is -4.95. The Morgan fingerprint density at radius 1 is 0.270 bits per heavy atom. The molecule has 0 spiro atoms. The smallest absolute Gasteiger partial charge is 0.462 e. The van der Waals surface area contributed by atoms with Crippen LogP contribution in [0.4, 0.5) is 0 Å². The van der Waals surface area contributed by atoms with E-state index in [1.165, 1.54) is 199 Å². The van der Waals surface area contributed by atoms with E-state index in [4.69, 9.17) is 37.0 Å². The molecule has 2 unspecified atom stereocenters. The molecule has 0 amide bonds. The molecular formula is C70H136O17P2. The van der Waals surface area contributed by atoms with Gasteiger partial charge in [-0.2, -0.15) is 0 Å². The highest BCUT2D eigenvalue weighted by Gasteiger charge is 2.30. The van der Waals surface area contributed by atoms with Crippen molar-refractivity contribution in [3.05, 3.63) is 0 Å². The van der Waals surface area contributed by atoms with Crippen LogP contribution in [0.1, 0.15) is 368 Å². The summed E-state index contributed by atoms with van der Waals surface area (Å²) in [7, 11) is -9.89. The molecule has 0 bridgehead atoms. The number of hydrogen-bond donors (Lipinski definition) is 3. The van der Waals surface area contributed by atoms with Crippen LogP contribution in [0.3, 0.4) is 0 Å². The third kappa shape index (κ3) is 64.6. The molecular weight excluding hydrogens is 1170 g/mol. The first-order valence-corrected chi connectivity index (χ1v) is 39.8. The number of hydrogen-bond acceptors (Lipinski definition) is 15. The fourth-order valence-corrected chi connectivity index (χ4v) is 12.3. The van der Waals surface area contributed by atoms with E-state index in [1.54, 1.807) is 0 Å². The van der Waals surface area contributed by atoms with Gasteiger partial charge in [0.2, 0.25) is 0 Å². The molecule has 0 saturated heterocycles. The second-order valence-corrected chi connectivity index (χ2v) is 28.2. The van der Waals surface area contributed by atoms with Crippen molar-refractivity contribution < 1.29 is 80.2 Å². The lowest BCUT2D eigenvalue weighted by Gasteiger charge is -2.21. The van der Waals surface area contributed by atoms with E-state index >= 15 is 0 Å². The van der Waals surface area contributed by atoms with Gasteiger partial charge in [0.05, 0.1) is 26.4 Å². The monoisotopic (exact) mass is 1310 g/mol. The van der Waals surface area contributed by atoms with Crippen molar-refractivity contribution in [2.75, 3.05) is 39.6 Å². The highest BCUT2D eigenvalue weighted by molar-refractivity contribution is 7.47. The molecule has 0 heterocycles. The summed E-state index contributed by atoms with van der Waals surface area (Å²) in [6.45, 7) is 4.94. The second kappa shape index (κ2) is 64.8. The van der Waals surface area contributed by atoms with Gasteiger partial charge in [0.15, 0.2) is 12.2 Å². The largest absolute Gasteiger partial charge is 0.472 e. The fraction of sp³-hybridized carbons (Fsp3) is 0.943. The Bertz CT molecular complexity index is 1710. The number of rotatable bonds is 71. The van der Waals surface area contributed by atoms with Gasteiger partial charge in [0, 0.05) is 25.7 Å². The molecule has 0 aromatic carbocycles. The summed E-state index contributed by atoms with van der Waals surface area (Å²) in [5.41, 5.74) is 0. The number of esters is 4. The van der Waals surface area contributed by atoms with Crippen LogP contribution in [-0.2, 0) is 65.4 Å². The molecule has 19 heteroatoms. The molecule has 0 fully saturated rings. The number of unbranched alkanes of at least 4 members (excludes halogenated alkanes) is 45. The van der Waals surface area contributed by atoms with Crippen LogP contribution in [-0.4, -0.2) is 96.7 Å². The number of carbonyl (C=O) groups is 4. The van der Waals surface area contributed by atoms with Gasteiger partial charge < -0.3 is 33.8 Å². The molecule has 5 atom stereocenters. The third-order valence-corrected chi connectivity index (χ3v) is 18.3. The van der Waals surface area contributed by atoms with Gasteiger partial charge in [-0.05, 0) is 25.7 Å². The van der Waals surface area contributed by atoms with E-state index in [1.807, 2.05) is 0 Å². The summed E-state index contributed by atoms with van der Waals surface area (Å²) in [4.78, 5) is 72.5. The van der Waals surface area contributed by atoms with Crippen LogP contribution < -0.4 is 0 Å². The van der Waals surface area contributed by atoms with Crippen molar-refractivity contribution in [3.63, 3.8) is 0 Å². The minimum absolute atomic E-state index is 0.107. The van der Waals surface area contributed by atoms with Crippen LogP contribution in [0.25, 0.3) is 0 Å². The SMILES string of the molecule is CCCCCCCCCCCCCCCCCCC(=O)O[C@H](COC(=O)CCCCCCCCCCCCCCC)COP(=O)(O)OC[C@@H](O)COP(=O)(O)OC[C@@H](COC(=O)CCCCCCCCCCCC)OC(=O)CCCCCCCCCCCC. The average Bonchev–Trinajstić information content (AvgIpc) is 3.69. The van der Waals surface area contributed by atoms with Crippen LogP contribution in [0.15, 0.2) is 0 Å². The predicted molar refractivity (Wildman–Crippen MR) is 359 cm³/mol. The maximum Gasteiger partial charge on any atom is 0.472 e. The lowest BCUT2D eigenvalue weighted by atomic mass is 10.0. The van der Waals surface area contributed by atoms with Crippen molar-refractivity contribution in [1.82, 2.24) is 0 Å². The molecule has 89 heavy (non-hydrogen) atoms. The third-order valence-electron chi connectivity index (χ3n) is 16.4. The zero-order valence-electron chi connectivity index (χ0n) is 57.4. The quantitative estimate of drug-likeness (QED) is 0.0222. The Morgan fingerprint density at radius 2 is 0.449 bits per heavy atom. The second-order valence-electron chi connectivity index (χ2n) is 25.3. The molecule has 0 aliphatic heterocycles. The Balaban J connectivity index is 5.22. The minimum Gasteiger partial charge on any atom is -0.462 e. The summed E-state index contributed by atoms with van der Waals surface area (Å²) < 4.78 is 68.3. The molecule has 528 valence electrons. The fourth-order valence-electron chi connectivity index (χ4n) is 10.7. The van der Waals surface area contributed by atoms with Crippen molar-refractivity contribution in [2.24, 2.45) is 0 Å². The van der Waals surface area contributed by atoms with E-state index in [2.05, 4.69) is 27.7 Å². The molecule has 0 rings (SSSR count). The summed E-state index contributed by atoms with van der Waals surface area (Å²) >= 11 is 0. The number of carbonyl (C=O) groups excluding carboxylic acids is 4. The lowest BCUT2D eigenvalue weighted by molar-refractivity contribution is -0.161. The van der Waals surface area contributed by atoms with E-state index in [9.17, 15) is 43.2 Å². The van der Waals surface area contributed by atoms with Crippen LogP contribution >= 0.6 is 15.6 Å². The van der Waals surface area contributed by atoms with Gasteiger partial charge in [0.25, 0.3) is 0 Å². The zero-order valence-corrected chi connectivity index (χ0v) is 59.2. The number of phosphoric ester groups is 2. The molecule has 0 aliphatic carbocycles. The molecule has 0 aromatic rings. The Morgan fingerprint density at radius 3 is 0.663 bits per heavy atom. The maximum atomic E-state index is 13.0. The van der Waals surface area contributed by atoms with Crippen LogP contribution in [0, 0.1) is 0 Å². The molecule has 0 radical (unpaired) electrons. The van der Waals surface area contributed by atoms with Crippen molar-refractivity contribution in [2.45, 2.75) is 386 Å². The van der Waals surface area contributed by atoms with Crippen molar-refractivity contribution in [3.8, 4) is 0 Å². The zero-order chi connectivity index (χ0) is 65.4. The van der Waals surface area contributed by atoms with Crippen LogP contribution in [0.2, 0.25) is 0 Å². The van der Waals surface area contributed by atoms with Gasteiger partial charge in [0.1, 0.15) is 19.3 Å². The number of aliphatic hydroxyl groups is 1. The van der Waals surface area contributed by atoms with Crippen molar-refractivity contribution >= 4 is 39.5 Å². The molecule has 0 aromatic heterocycles. The highest BCUT2D eigenvalue weighted by Crippen LogP contribution is 2.45. The summed E-state index contributed by atoms with van der Waals surface area (Å²) in [5.74, 6) is -2.12. The summed E-state index contributed by atoms with van der Waals surface area (Å²) in [5, 5.41) is 10.6. The van der Waals surface area contributed by atoms with E-state index < -0.39 is 97.5 Å². The first-order chi connectivity index (χ1) is 43.2. The number of ether oxygens (including phenoxy) is 4. The predicted octanol–water partition coefficient (Wildman–Crippen LogP) is 20.3. The standard InChI is InChI=1S/C70H136O17P2/c1-5-9-13-17-21-25-29-31-32-33-35-37-41-45-49-53-57-70(75)87-66(61-81-68(73)55-51-47-43-40-36-34-30-26-22-18-14-10-6-2)63-85-89(78,79)83-59-64(71)58-82-88(76,77)84-62-65(86-69(74)56-52-48-44-39-28-24-20-16-12-8-4)60-80-67(72)54-50-46-42-38-27-23-19-15-11-7-3/h64-66,71H,5-63H2,1-4H3,(H,76,77)(H,78,79)/t64-,65+,66+/m0/s1. The lowest BCUT2D eigenvalue weighted by Crippen LogP contribution is -2.30. The van der Waals surface area contributed by atoms with E-state index in [0.29, 0.717) is 25.7 Å². The Labute approximate surface area is 543 Å². The molecule has 0 saturated carbocycles. The van der Waals surface area contributed by atoms with Crippen molar-refractivity contribution in [1.29, 1.82) is 0 Å². The van der Waals surface area contributed by atoms with Gasteiger partial charge in [-0.15, -0.1) is 0 Å². The van der Waals surface area contributed by atoms with Gasteiger partial charge >= 0.3 is 39.5 Å². The summed E-state index contributed by atoms with van der Waals surface area (Å²) in [6.07, 6.45) is 52.5. The van der Waals surface area contributed by atoms with E-state index in [0.717, 1.165) is 89.9 Å². The first kappa shape index (κ1) is 87.1. The molecule has 17 nitrogen and oxygen atoms in total. The first-order valence-electron chi connectivity index (χ1n) is 36.8. The maximum absolute atomic E-state index is 13.0. The Kier molecular flexibility index (Phi) is 63.3. The number of phosphoric acid groups is 2. The molecule has 0 aliphatic rings. The average molecular weight is 1310 g/mol.